The van der Waals surface area contributed by atoms with Crippen LogP contribution in [0.4, 0.5) is 5.82 Å². The summed E-state index contributed by atoms with van der Waals surface area (Å²) in [7, 11) is 0. The van der Waals surface area contributed by atoms with Gasteiger partial charge in [0.25, 0.3) is 0 Å². The fourth-order valence-electron chi connectivity index (χ4n) is 1.66. The lowest BCUT2D eigenvalue weighted by atomic mass is 10.1. The number of halogens is 1. The van der Waals surface area contributed by atoms with Crippen LogP contribution in [0.5, 0.6) is 0 Å². The molecular weight excluding hydrogens is 278 g/mol. The zero-order chi connectivity index (χ0) is 12.3. The van der Waals surface area contributed by atoms with Crippen LogP contribution in [0, 0.1) is 0 Å². The Balaban J connectivity index is 2.39. The lowest BCUT2D eigenvalue weighted by Gasteiger charge is -2.06. The summed E-state index contributed by atoms with van der Waals surface area (Å²) in [5.74, 6) is 1.35. The fraction of sp³-hybridized carbons (Fsp3) is 0.231. The molecule has 0 aliphatic carbocycles. The maximum Gasteiger partial charge on any atom is 0.135 e. The van der Waals surface area contributed by atoms with Gasteiger partial charge in [0, 0.05) is 22.7 Å². The normalized spacial score (nSPS) is 10.5. The van der Waals surface area contributed by atoms with Crippen LogP contribution in [0.2, 0.25) is 0 Å². The summed E-state index contributed by atoms with van der Waals surface area (Å²) in [5, 5.41) is 0. The zero-order valence-electron chi connectivity index (χ0n) is 9.65. The molecule has 0 amide bonds. The van der Waals surface area contributed by atoms with E-state index in [1.807, 2.05) is 24.3 Å². The van der Waals surface area contributed by atoms with Gasteiger partial charge < -0.3 is 5.73 Å². The lowest BCUT2D eigenvalue weighted by molar-refractivity contribution is 0.838. The van der Waals surface area contributed by atoms with Crippen molar-refractivity contribution in [2.24, 2.45) is 0 Å². The van der Waals surface area contributed by atoms with Crippen molar-refractivity contribution in [1.29, 1.82) is 0 Å². The topological polar surface area (TPSA) is 51.8 Å². The summed E-state index contributed by atoms with van der Waals surface area (Å²) in [4.78, 5) is 8.65. The third-order valence-electron chi connectivity index (χ3n) is 2.48. The molecule has 2 N–H and O–H groups in total. The number of hydrogen-bond acceptors (Lipinski definition) is 3. The molecule has 0 unspecified atom stereocenters. The third-order valence-corrected chi connectivity index (χ3v) is 2.97. The summed E-state index contributed by atoms with van der Waals surface area (Å²) in [6.45, 7) is 2.10. The van der Waals surface area contributed by atoms with E-state index in [1.54, 1.807) is 6.20 Å². The Bertz CT molecular complexity index is 526. The van der Waals surface area contributed by atoms with E-state index in [2.05, 4.69) is 32.8 Å². The number of nitrogens with zero attached hydrogens (tertiary/aromatic N) is 2. The summed E-state index contributed by atoms with van der Waals surface area (Å²) < 4.78 is 1.02. The Kier molecular flexibility index (Phi) is 3.74. The first-order valence-electron chi connectivity index (χ1n) is 5.58. The Labute approximate surface area is 109 Å². The summed E-state index contributed by atoms with van der Waals surface area (Å²) in [5.41, 5.74) is 7.88. The van der Waals surface area contributed by atoms with Gasteiger partial charge in [-0.05, 0) is 24.1 Å². The molecule has 0 saturated heterocycles. The van der Waals surface area contributed by atoms with Crippen molar-refractivity contribution >= 4 is 21.7 Å². The lowest BCUT2D eigenvalue weighted by Crippen LogP contribution is -2.01. The van der Waals surface area contributed by atoms with Crippen molar-refractivity contribution < 1.29 is 0 Å². The van der Waals surface area contributed by atoms with Gasteiger partial charge in [0.1, 0.15) is 11.6 Å². The van der Waals surface area contributed by atoms with Gasteiger partial charge in [-0.15, -0.1) is 0 Å². The van der Waals surface area contributed by atoms with Crippen LogP contribution in [0.15, 0.2) is 34.9 Å². The van der Waals surface area contributed by atoms with Gasteiger partial charge in [-0.3, -0.25) is 0 Å². The highest BCUT2D eigenvalue weighted by molar-refractivity contribution is 9.10. The van der Waals surface area contributed by atoms with Crippen molar-refractivity contribution in [2.75, 3.05) is 5.73 Å². The van der Waals surface area contributed by atoms with Gasteiger partial charge in [-0.1, -0.05) is 35.0 Å². The smallest absolute Gasteiger partial charge is 0.135 e. The quantitative estimate of drug-likeness (QED) is 0.942. The van der Waals surface area contributed by atoms with Crippen LogP contribution < -0.4 is 5.73 Å². The SMILES string of the molecule is CCCc1ncc(-c2cccc(Br)c2)c(N)n1. The number of hydrogen-bond donors (Lipinski definition) is 1. The molecule has 1 heterocycles. The number of aromatic nitrogens is 2. The highest BCUT2D eigenvalue weighted by Crippen LogP contribution is 2.26. The summed E-state index contributed by atoms with van der Waals surface area (Å²) >= 11 is 3.44. The van der Waals surface area contributed by atoms with E-state index in [4.69, 9.17) is 5.73 Å². The highest BCUT2D eigenvalue weighted by Gasteiger charge is 2.06. The molecule has 0 fully saturated rings. The Morgan fingerprint density at radius 2 is 2.18 bits per heavy atom. The van der Waals surface area contributed by atoms with Gasteiger partial charge in [0.15, 0.2) is 0 Å². The van der Waals surface area contributed by atoms with Crippen LogP contribution in [-0.2, 0) is 6.42 Å². The number of anilines is 1. The fourth-order valence-corrected chi connectivity index (χ4v) is 2.06. The minimum atomic E-state index is 0.543. The van der Waals surface area contributed by atoms with Crippen molar-refractivity contribution in [3.8, 4) is 11.1 Å². The van der Waals surface area contributed by atoms with Crippen LogP contribution in [0.25, 0.3) is 11.1 Å². The minimum Gasteiger partial charge on any atom is -0.383 e. The largest absolute Gasteiger partial charge is 0.383 e. The van der Waals surface area contributed by atoms with E-state index in [0.717, 1.165) is 34.3 Å². The van der Waals surface area contributed by atoms with E-state index < -0.39 is 0 Å². The van der Waals surface area contributed by atoms with Crippen LogP contribution in [0.1, 0.15) is 19.2 Å². The van der Waals surface area contributed by atoms with Gasteiger partial charge in [0.05, 0.1) is 0 Å². The molecular formula is C13H14BrN3. The van der Waals surface area contributed by atoms with E-state index in [9.17, 15) is 0 Å². The maximum absolute atomic E-state index is 5.97. The predicted molar refractivity (Wildman–Crippen MR) is 73.6 cm³/mol. The molecule has 88 valence electrons. The van der Waals surface area contributed by atoms with Crippen LogP contribution in [0.3, 0.4) is 0 Å². The molecule has 0 radical (unpaired) electrons. The first-order valence-corrected chi connectivity index (χ1v) is 6.37. The molecule has 4 heteroatoms. The average molecular weight is 292 g/mol. The monoisotopic (exact) mass is 291 g/mol. The molecule has 3 nitrogen and oxygen atoms in total. The number of nitrogens with two attached hydrogens (primary N) is 1. The van der Waals surface area contributed by atoms with Crippen LogP contribution >= 0.6 is 15.9 Å². The standard InChI is InChI=1S/C13H14BrN3/c1-2-4-12-16-8-11(13(15)17-12)9-5-3-6-10(14)7-9/h3,5-8H,2,4H2,1H3,(H2,15,16,17). The van der Waals surface area contributed by atoms with Gasteiger partial charge >= 0.3 is 0 Å². The number of nitrogen functional groups attached to an aromatic ring is 1. The van der Waals surface area contributed by atoms with E-state index in [1.165, 1.54) is 0 Å². The first kappa shape index (κ1) is 12.0. The van der Waals surface area contributed by atoms with Gasteiger partial charge in [-0.2, -0.15) is 0 Å². The maximum atomic E-state index is 5.97. The van der Waals surface area contributed by atoms with E-state index in [0.29, 0.717) is 5.82 Å². The summed E-state index contributed by atoms with van der Waals surface area (Å²) in [6.07, 6.45) is 3.69. The molecule has 0 atom stereocenters. The second-order valence-electron chi connectivity index (χ2n) is 3.85. The first-order chi connectivity index (χ1) is 8.20. The third kappa shape index (κ3) is 2.82. The van der Waals surface area contributed by atoms with Gasteiger partial charge in [0.2, 0.25) is 0 Å². The molecule has 0 bridgehead atoms. The Morgan fingerprint density at radius 3 is 2.82 bits per heavy atom. The van der Waals surface area contributed by atoms with Crippen molar-refractivity contribution in [1.82, 2.24) is 9.97 Å². The molecule has 0 aliphatic heterocycles. The number of aryl methyl sites for hydroxylation is 1. The van der Waals surface area contributed by atoms with Crippen LogP contribution in [-0.4, -0.2) is 9.97 Å². The predicted octanol–water partition coefficient (Wildman–Crippen LogP) is 3.44. The Hall–Kier alpha value is -1.42. The molecule has 17 heavy (non-hydrogen) atoms. The van der Waals surface area contributed by atoms with Crippen molar-refractivity contribution in [3.63, 3.8) is 0 Å². The second kappa shape index (κ2) is 5.27. The second-order valence-corrected chi connectivity index (χ2v) is 4.76. The van der Waals surface area contributed by atoms with Gasteiger partial charge in [-0.25, -0.2) is 9.97 Å². The molecule has 0 spiro atoms. The van der Waals surface area contributed by atoms with Crippen molar-refractivity contribution in [3.05, 3.63) is 40.8 Å². The minimum absolute atomic E-state index is 0.543. The molecule has 2 rings (SSSR count). The Morgan fingerprint density at radius 1 is 1.35 bits per heavy atom. The van der Waals surface area contributed by atoms with E-state index >= 15 is 0 Å². The number of benzene rings is 1. The highest BCUT2D eigenvalue weighted by atomic mass is 79.9. The molecule has 1 aromatic carbocycles. The molecule has 2 aromatic rings. The summed E-state index contributed by atoms with van der Waals surface area (Å²) in [6, 6.07) is 7.96. The number of rotatable bonds is 3. The average Bonchev–Trinajstić information content (AvgIpc) is 2.29. The zero-order valence-corrected chi connectivity index (χ0v) is 11.2. The molecule has 0 aliphatic rings. The van der Waals surface area contributed by atoms with E-state index in [-0.39, 0.29) is 0 Å². The molecule has 0 saturated carbocycles. The molecule has 1 aromatic heterocycles. The van der Waals surface area contributed by atoms with Crippen molar-refractivity contribution in [2.45, 2.75) is 19.8 Å².